The predicted octanol–water partition coefficient (Wildman–Crippen LogP) is 1.58. The van der Waals surface area contributed by atoms with E-state index in [1.54, 1.807) is 12.1 Å². The number of hydrogen-bond acceptors (Lipinski definition) is 3. The fourth-order valence-electron chi connectivity index (χ4n) is 1.39. The highest BCUT2D eigenvalue weighted by Gasteiger charge is 2.14. The first-order valence-corrected chi connectivity index (χ1v) is 5.74. The van der Waals surface area contributed by atoms with Gasteiger partial charge in [0.2, 0.25) is 0 Å². The second-order valence-corrected chi connectivity index (χ2v) is 5.04. The van der Waals surface area contributed by atoms with E-state index < -0.39 is 5.82 Å². The fourth-order valence-corrected chi connectivity index (χ4v) is 1.39. The van der Waals surface area contributed by atoms with Crippen LogP contribution in [0, 0.1) is 5.82 Å². The Balaban J connectivity index is 2.54. The van der Waals surface area contributed by atoms with Gasteiger partial charge in [-0.1, -0.05) is 6.07 Å². The Bertz CT molecular complexity index is 427. The van der Waals surface area contributed by atoms with Gasteiger partial charge in [-0.25, -0.2) is 4.39 Å². The fraction of sp³-hybridized carbons (Fsp3) is 0.462. The minimum absolute atomic E-state index is 0.136. The summed E-state index contributed by atoms with van der Waals surface area (Å²) in [6.07, 6.45) is 0. The number of benzene rings is 1. The summed E-state index contributed by atoms with van der Waals surface area (Å²) in [5.74, 6) is -0.356. The number of carbonyl (C=O) groups is 1. The molecule has 0 unspecified atom stereocenters. The molecule has 4 nitrogen and oxygen atoms in total. The van der Waals surface area contributed by atoms with E-state index in [1.807, 2.05) is 20.8 Å². The van der Waals surface area contributed by atoms with Crippen molar-refractivity contribution in [2.75, 3.05) is 6.61 Å². The molecule has 0 saturated carbocycles. The van der Waals surface area contributed by atoms with Crippen molar-refractivity contribution in [1.82, 2.24) is 5.32 Å². The van der Waals surface area contributed by atoms with Crippen LogP contribution < -0.4 is 15.8 Å². The van der Waals surface area contributed by atoms with Gasteiger partial charge in [-0.05, 0) is 26.8 Å². The smallest absolute Gasteiger partial charge is 0.258 e. The molecule has 0 aromatic heterocycles. The third-order valence-electron chi connectivity index (χ3n) is 2.13. The van der Waals surface area contributed by atoms with E-state index in [4.69, 9.17) is 10.5 Å². The molecule has 1 aromatic carbocycles. The Morgan fingerprint density at radius 2 is 2.11 bits per heavy atom. The van der Waals surface area contributed by atoms with Crippen molar-refractivity contribution in [2.24, 2.45) is 5.73 Å². The van der Waals surface area contributed by atoms with Crippen molar-refractivity contribution in [2.45, 2.75) is 32.9 Å². The molecule has 0 heterocycles. The molecule has 1 rings (SSSR count). The van der Waals surface area contributed by atoms with Crippen LogP contribution in [0.5, 0.6) is 5.75 Å². The van der Waals surface area contributed by atoms with Crippen LogP contribution in [0.1, 0.15) is 26.3 Å². The molecule has 0 atom stereocenters. The molecule has 0 aliphatic heterocycles. The van der Waals surface area contributed by atoms with E-state index in [1.165, 1.54) is 6.07 Å². The zero-order valence-corrected chi connectivity index (χ0v) is 10.9. The van der Waals surface area contributed by atoms with Gasteiger partial charge in [0.05, 0.1) is 0 Å². The first-order chi connectivity index (χ1) is 8.31. The summed E-state index contributed by atoms with van der Waals surface area (Å²) in [4.78, 5) is 11.5. The van der Waals surface area contributed by atoms with Crippen molar-refractivity contribution in [1.29, 1.82) is 0 Å². The Hall–Kier alpha value is -1.62. The summed E-state index contributed by atoms with van der Waals surface area (Å²) in [5.41, 5.74) is 5.46. The maximum atomic E-state index is 13.4. The number of amides is 1. The Labute approximate surface area is 106 Å². The minimum atomic E-state index is -0.425. The number of nitrogens with two attached hydrogens (primary N) is 1. The molecule has 18 heavy (non-hydrogen) atoms. The standard InChI is InChI=1S/C13H19FN2O2/c1-13(2,3)16-12(17)8-18-10-5-4-9(7-15)11(14)6-10/h4-6H,7-8,15H2,1-3H3,(H,16,17). The van der Waals surface area contributed by atoms with Gasteiger partial charge in [-0.2, -0.15) is 0 Å². The molecule has 0 bridgehead atoms. The minimum Gasteiger partial charge on any atom is -0.484 e. The van der Waals surface area contributed by atoms with Crippen LogP contribution in [0.2, 0.25) is 0 Å². The Morgan fingerprint density at radius 3 is 2.61 bits per heavy atom. The molecule has 1 amide bonds. The highest BCUT2D eigenvalue weighted by atomic mass is 19.1. The molecular weight excluding hydrogens is 235 g/mol. The van der Waals surface area contributed by atoms with E-state index in [0.717, 1.165) is 0 Å². The van der Waals surface area contributed by atoms with Crippen LogP contribution in [0.25, 0.3) is 0 Å². The zero-order valence-electron chi connectivity index (χ0n) is 10.9. The topological polar surface area (TPSA) is 64.3 Å². The quantitative estimate of drug-likeness (QED) is 0.857. The van der Waals surface area contributed by atoms with Crippen LogP contribution >= 0.6 is 0 Å². The second-order valence-electron chi connectivity index (χ2n) is 5.04. The van der Waals surface area contributed by atoms with Crippen molar-refractivity contribution in [3.8, 4) is 5.75 Å². The average Bonchev–Trinajstić information content (AvgIpc) is 2.24. The largest absolute Gasteiger partial charge is 0.484 e. The van der Waals surface area contributed by atoms with Gasteiger partial charge in [0.25, 0.3) is 5.91 Å². The lowest BCUT2D eigenvalue weighted by Crippen LogP contribution is -2.43. The summed E-state index contributed by atoms with van der Waals surface area (Å²) < 4.78 is 18.6. The van der Waals surface area contributed by atoms with Crippen molar-refractivity contribution < 1.29 is 13.9 Å². The number of hydrogen-bond donors (Lipinski definition) is 2. The van der Waals surface area contributed by atoms with Crippen LogP contribution in [-0.4, -0.2) is 18.1 Å². The maximum absolute atomic E-state index is 13.4. The van der Waals surface area contributed by atoms with Crippen LogP contribution in [0.3, 0.4) is 0 Å². The van der Waals surface area contributed by atoms with E-state index in [-0.39, 0.29) is 24.6 Å². The molecule has 100 valence electrons. The van der Waals surface area contributed by atoms with E-state index in [0.29, 0.717) is 11.3 Å². The van der Waals surface area contributed by atoms with Crippen molar-refractivity contribution in [3.05, 3.63) is 29.6 Å². The Kier molecular flexibility index (Phi) is 4.67. The normalized spacial score (nSPS) is 11.2. The van der Waals surface area contributed by atoms with Crippen molar-refractivity contribution >= 4 is 5.91 Å². The lowest BCUT2D eigenvalue weighted by atomic mass is 10.1. The molecule has 3 N–H and O–H groups in total. The summed E-state index contributed by atoms with van der Waals surface area (Å²) >= 11 is 0. The number of carbonyl (C=O) groups excluding carboxylic acids is 1. The summed E-state index contributed by atoms with van der Waals surface area (Å²) in [6.45, 7) is 5.62. The highest BCUT2D eigenvalue weighted by Crippen LogP contribution is 2.16. The number of rotatable bonds is 4. The first kappa shape index (κ1) is 14.4. The van der Waals surface area contributed by atoms with Gasteiger partial charge in [0, 0.05) is 23.7 Å². The van der Waals surface area contributed by atoms with E-state index >= 15 is 0 Å². The molecule has 0 aliphatic rings. The second kappa shape index (κ2) is 5.82. The highest BCUT2D eigenvalue weighted by molar-refractivity contribution is 5.78. The van der Waals surface area contributed by atoms with Gasteiger partial charge in [-0.15, -0.1) is 0 Å². The van der Waals surface area contributed by atoms with Gasteiger partial charge in [0.1, 0.15) is 11.6 Å². The summed E-state index contributed by atoms with van der Waals surface area (Å²) in [7, 11) is 0. The van der Waals surface area contributed by atoms with Crippen LogP contribution in [0.15, 0.2) is 18.2 Å². The van der Waals surface area contributed by atoms with Gasteiger partial charge < -0.3 is 15.8 Å². The van der Waals surface area contributed by atoms with Crippen LogP contribution in [-0.2, 0) is 11.3 Å². The molecule has 0 fully saturated rings. The molecule has 0 aliphatic carbocycles. The zero-order chi connectivity index (χ0) is 13.8. The number of halogens is 1. The molecule has 1 aromatic rings. The summed E-state index contributed by atoms with van der Waals surface area (Å²) in [6, 6.07) is 4.37. The molecule has 0 saturated heterocycles. The maximum Gasteiger partial charge on any atom is 0.258 e. The van der Waals surface area contributed by atoms with Crippen LogP contribution in [0.4, 0.5) is 4.39 Å². The van der Waals surface area contributed by atoms with Crippen molar-refractivity contribution in [3.63, 3.8) is 0 Å². The molecule has 5 heteroatoms. The lowest BCUT2D eigenvalue weighted by molar-refractivity contribution is -0.124. The van der Waals surface area contributed by atoms with Gasteiger partial charge >= 0.3 is 0 Å². The SMILES string of the molecule is CC(C)(C)NC(=O)COc1ccc(CN)c(F)c1. The molecule has 0 radical (unpaired) electrons. The van der Waals surface area contributed by atoms with Gasteiger partial charge in [0.15, 0.2) is 6.61 Å². The lowest BCUT2D eigenvalue weighted by Gasteiger charge is -2.20. The third kappa shape index (κ3) is 4.71. The first-order valence-electron chi connectivity index (χ1n) is 5.74. The monoisotopic (exact) mass is 254 g/mol. The average molecular weight is 254 g/mol. The summed E-state index contributed by atoms with van der Waals surface area (Å²) in [5, 5.41) is 2.75. The number of ether oxygens (including phenoxy) is 1. The van der Waals surface area contributed by atoms with E-state index in [9.17, 15) is 9.18 Å². The molecular formula is C13H19FN2O2. The molecule has 0 spiro atoms. The Morgan fingerprint density at radius 1 is 1.44 bits per heavy atom. The van der Waals surface area contributed by atoms with E-state index in [2.05, 4.69) is 5.32 Å². The van der Waals surface area contributed by atoms with Gasteiger partial charge in [-0.3, -0.25) is 4.79 Å². The predicted molar refractivity (Wildman–Crippen MR) is 67.7 cm³/mol. The number of nitrogens with one attached hydrogen (secondary N) is 1. The third-order valence-corrected chi connectivity index (χ3v) is 2.13.